The van der Waals surface area contributed by atoms with E-state index < -0.39 is 23.9 Å². The van der Waals surface area contributed by atoms with E-state index in [1.54, 1.807) is 30.5 Å². The monoisotopic (exact) mass is 343 g/mol. The molecular weight excluding hydrogens is 325 g/mol. The third-order valence-corrected chi connectivity index (χ3v) is 4.13. The summed E-state index contributed by atoms with van der Waals surface area (Å²) in [5.74, 6) is -0.926. The predicted octanol–water partition coefficient (Wildman–Crippen LogP) is 2.07. The van der Waals surface area contributed by atoms with Crippen LogP contribution in [0.1, 0.15) is 17.2 Å². The van der Waals surface area contributed by atoms with E-state index in [9.17, 15) is 14.0 Å². The molecule has 1 aliphatic heterocycles. The minimum Gasteiger partial charge on any atom is -0.356 e. The Morgan fingerprint density at radius 3 is 2.76 bits per heavy atom. The molecular formula is C18H18FN3O3. The van der Waals surface area contributed by atoms with Gasteiger partial charge in [-0.25, -0.2) is 9.37 Å². The number of morpholine rings is 1. The minimum atomic E-state index is -1.04. The molecule has 7 heteroatoms. The molecule has 1 saturated heterocycles. The zero-order valence-corrected chi connectivity index (χ0v) is 13.9. The summed E-state index contributed by atoms with van der Waals surface area (Å²) < 4.78 is 19.7. The molecule has 2 amide bonds. The largest absolute Gasteiger partial charge is 0.356 e. The van der Waals surface area contributed by atoms with Gasteiger partial charge in [0.2, 0.25) is 5.91 Å². The Morgan fingerprint density at radius 2 is 2.08 bits per heavy atom. The van der Waals surface area contributed by atoms with Crippen molar-refractivity contribution in [2.24, 2.45) is 0 Å². The van der Waals surface area contributed by atoms with Crippen molar-refractivity contribution >= 4 is 17.6 Å². The number of pyridine rings is 1. The van der Waals surface area contributed by atoms with Gasteiger partial charge in [0.25, 0.3) is 5.91 Å². The number of aromatic nitrogens is 1. The molecule has 3 rings (SSSR count). The average Bonchev–Trinajstić information content (AvgIpc) is 2.60. The summed E-state index contributed by atoms with van der Waals surface area (Å²) in [5.41, 5.74) is 1.19. The SMILES string of the molecule is Cc1ccc(NC(=O)[C@@H]2OCC(=O)N(C)[C@@H]2c2ccccc2F)nc1. The number of benzene rings is 1. The van der Waals surface area contributed by atoms with Gasteiger partial charge in [-0.1, -0.05) is 24.3 Å². The first-order chi connectivity index (χ1) is 12.0. The fourth-order valence-corrected chi connectivity index (χ4v) is 2.76. The number of nitrogens with zero attached hydrogens (tertiary/aromatic N) is 2. The van der Waals surface area contributed by atoms with Crippen molar-refractivity contribution in [3.63, 3.8) is 0 Å². The van der Waals surface area contributed by atoms with Gasteiger partial charge in [0.1, 0.15) is 18.2 Å². The Morgan fingerprint density at radius 1 is 1.32 bits per heavy atom. The molecule has 1 aromatic carbocycles. The third-order valence-electron chi connectivity index (χ3n) is 4.13. The van der Waals surface area contributed by atoms with Crippen molar-refractivity contribution < 1.29 is 18.7 Å². The Kier molecular flexibility index (Phi) is 4.76. The standard InChI is InChI=1S/C18H18FN3O3/c1-11-7-8-14(20-9-11)21-18(24)17-16(22(2)15(23)10-25-17)12-5-3-4-6-13(12)19/h3-9,16-17H,10H2,1-2H3,(H,20,21,24)/t16-,17-/m1/s1. The maximum Gasteiger partial charge on any atom is 0.257 e. The number of carbonyl (C=O) groups is 2. The number of amides is 2. The zero-order chi connectivity index (χ0) is 18.0. The second kappa shape index (κ2) is 6.98. The van der Waals surface area contributed by atoms with Crippen molar-refractivity contribution in [3.8, 4) is 0 Å². The smallest absolute Gasteiger partial charge is 0.257 e. The van der Waals surface area contributed by atoms with Crippen molar-refractivity contribution in [1.29, 1.82) is 0 Å². The second-order valence-electron chi connectivity index (χ2n) is 5.91. The fourth-order valence-electron chi connectivity index (χ4n) is 2.76. The number of carbonyl (C=O) groups excluding carboxylic acids is 2. The number of anilines is 1. The van der Waals surface area contributed by atoms with Gasteiger partial charge in [-0.05, 0) is 24.6 Å². The molecule has 0 bridgehead atoms. The van der Waals surface area contributed by atoms with Gasteiger partial charge in [0.15, 0.2) is 6.10 Å². The highest BCUT2D eigenvalue weighted by Crippen LogP contribution is 2.31. The Hall–Kier alpha value is -2.80. The number of likely N-dealkylation sites (N-methyl/N-ethyl adjacent to an activating group) is 1. The number of halogens is 1. The zero-order valence-electron chi connectivity index (χ0n) is 13.9. The van der Waals surface area contributed by atoms with Crippen molar-refractivity contribution in [3.05, 3.63) is 59.5 Å². The molecule has 25 heavy (non-hydrogen) atoms. The highest BCUT2D eigenvalue weighted by atomic mass is 19.1. The van der Waals surface area contributed by atoms with Crippen LogP contribution in [0.2, 0.25) is 0 Å². The molecule has 0 radical (unpaired) electrons. The van der Waals surface area contributed by atoms with Crippen LogP contribution in [0.3, 0.4) is 0 Å². The lowest BCUT2D eigenvalue weighted by atomic mass is 9.97. The maximum absolute atomic E-state index is 14.2. The lowest BCUT2D eigenvalue weighted by Gasteiger charge is -2.38. The molecule has 6 nitrogen and oxygen atoms in total. The number of hydrogen-bond acceptors (Lipinski definition) is 4. The van der Waals surface area contributed by atoms with E-state index in [4.69, 9.17) is 4.74 Å². The summed E-state index contributed by atoms with van der Waals surface area (Å²) >= 11 is 0. The molecule has 130 valence electrons. The van der Waals surface area contributed by atoms with Crippen LogP contribution < -0.4 is 5.32 Å². The number of hydrogen-bond donors (Lipinski definition) is 1. The molecule has 1 fully saturated rings. The maximum atomic E-state index is 14.2. The van der Waals surface area contributed by atoms with Gasteiger partial charge in [-0.3, -0.25) is 9.59 Å². The summed E-state index contributed by atoms with van der Waals surface area (Å²) in [5, 5.41) is 2.66. The van der Waals surface area contributed by atoms with Crippen LogP contribution >= 0.6 is 0 Å². The van der Waals surface area contributed by atoms with Crippen LogP contribution in [0.25, 0.3) is 0 Å². The average molecular weight is 343 g/mol. The van der Waals surface area contributed by atoms with Crippen LogP contribution in [0.15, 0.2) is 42.6 Å². The van der Waals surface area contributed by atoms with Gasteiger partial charge in [0.05, 0.1) is 6.04 Å². The predicted molar refractivity (Wildman–Crippen MR) is 89.3 cm³/mol. The van der Waals surface area contributed by atoms with Gasteiger partial charge >= 0.3 is 0 Å². The van der Waals surface area contributed by atoms with Crippen LogP contribution in [-0.4, -0.2) is 41.5 Å². The van der Waals surface area contributed by atoms with Gasteiger partial charge in [0, 0.05) is 18.8 Å². The third kappa shape index (κ3) is 3.51. The summed E-state index contributed by atoms with van der Waals surface area (Å²) in [6, 6.07) is 8.67. The molecule has 2 atom stereocenters. The number of rotatable bonds is 3. The Balaban J connectivity index is 1.89. The highest BCUT2D eigenvalue weighted by molar-refractivity contribution is 5.95. The van der Waals surface area contributed by atoms with Crippen molar-refractivity contribution in [2.75, 3.05) is 19.0 Å². The van der Waals surface area contributed by atoms with E-state index in [0.29, 0.717) is 5.82 Å². The number of nitrogens with one attached hydrogen (secondary N) is 1. The lowest BCUT2D eigenvalue weighted by Crippen LogP contribution is -2.51. The summed E-state index contributed by atoms with van der Waals surface area (Å²) in [6.45, 7) is 1.65. The molecule has 0 aliphatic carbocycles. The number of ether oxygens (including phenoxy) is 1. The van der Waals surface area contributed by atoms with Crippen LogP contribution in [0, 0.1) is 12.7 Å². The van der Waals surface area contributed by atoms with E-state index in [0.717, 1.165) is 5.56 Å². The normalized spacial score (nSPS) is 20.4. The summed E-state index contributed by atoms with van der Waals surface area (Å²) in [7, 11) is 1.53. The quantitative estimate of drug-likeness (QED) is 0.926. The molecule has 0 unspecified atom stereocenters. The molecule has 0 spiro atoms. The van der Waals surface area contributed by atoms with E-state index in [-0.39, 0.29) is 18.1 Å². The van der Waals surface area contributed by atoms with E-state index in [1.807, 2.05) is 13.0 Å². The van der Waals surface area contributed by atoms with Crippen molar-refractivity contribution in [2.45, 2.75) is 19.1 Å². The fraction of sp³-hybridized carbons (Fsp3) is 0.278. The van der Waals surface area contributed by atoms with E-state index in [2.05, 4.69) is 10.3 Å². The minimum absolute atomic E-state index is 0.232. The first kappa shape index (κ1) is 17.0. The highest BCUT2D eigenvalue weighted by Gasteiger charge is 2.41. The molecule has 1 N–H and O–H groups in total. The van der Waals surface area contributed by atoms with Crippen LogP contribution in [-0.2, 0) is 14.3 Å². The van der Waals surface area contributed by atoms with Gasteiger partial charge < -0.3 is 15.0 Å². The van der Waals surface area contributed by atoms with E-state index in [1.165, 1.54) is 18.0 Å². The lowest BCUT2D eigenvalue weighted by molar-refractivity contribution is -0.160. The second-order valence-corrected chi connectivity index (χ2v) is 5.91. The molecule has 2 heterocycles. The molecule has 2 aromatic rings. The van der Waals surface area contributed by atoms with E-state index >= 15 is 0 Å². The van der Waals surface area contributed by atoms with Gasteiger partial charge in [-0.2, -0.15) is 0 Å². The topological polar surface area (TPSA) is 71.5 Å². The molecule has 1 aromatic heterocycles. The molecule has 1 aliphatic rings. The summed E-state index contributed by atoms with van der Waals surface area (Å²) in [6.07, 6.45) is 0.587. The summed E-state index contributed by atoms with van der Waals surface area (Å²) in [4.78, 5) is 30.1. The molecule has 0 saturated carbocycles. The van der Waals surface area contributed by atoms with Crippen LogP contribution in [0.5, 0.6) is 0 Å². The van der Waals surface area contributed by atoms with Crippen LogP contribution in [0.4, 0.5) is 10.2 Å². The first-order valence-corrected chi connectivity index (χ1v) is 7.82. The Bertz CT molecular complexity index is 794. The Labute approximate surface area is 144 Å². The van der Waals surface area contributed by atoms with Crippen molar-refractivity contribution in [1.82, 2.24) is 9.88 Å². The number of aryl methyl sites for hydroxylation is 1. The first-order valence-electron chi connectivity index (χ1n) is 7.82. The van der Waals surface area contributed by atoms with Gasteiger partial charge in [-0.15, -0.1) is 0 Å².